The van der Waals surface area contributed by atoms with E-state index in [-0.39, 0.29) is 28.4 Å². The topological polar surface area (TPSA) is 143 Å². The van der Waals surface area contributed by atoms with Crippen LogP contribution in [0.25, 0.3) is 6.08 Å². The monoisotopic (exact) mass is 384 g/mol. The maximum Gasteiger partial charge on any atom is 0.343 e. The molecule has 0 aliphatic heterocycles. The lowest BCUT2D eigenvalue weighted by Crippen LogP contribution is -2.13. The maximum atomic E-state index is 11.8. The Labute approximate surface area is 161 Å². The highest BCUT2D eigenvalue weighted by atomic mass is 16.5. The van der Waals surface area contributed by atoms with E-state index in [0.717, 1.165) is 0 Å². The number of hydrogen-bond acceptors (Lipinski definition) is 7. The smallest absolute Gasteiger partial charge is 0.343 e. The van der Waals surface area contributed by atoms with E-state index < -0.39 is 5.97 Å². The molecule has 1 aromatic carbocycles. The van der Waals surface area contributed by atoms with Gasteiger partial charge in [-0.05, 0) is 25.1 Å². The van der Waals surface area contributed by atoms with Gasteiger partial charge >= 0.3 is 5.97 Å². The second-order valence-corrected chi connectivity index (χ2v) is 5.59. The Morgan fingerprint density at radius 3 is 2.54 bits per heavy atom. The van der Waals surface area contributed by atoms with Gasteiger partial charge < -0.3 is 30.0 Å². The number of aromatic hydroxyl groups is 1. The number of nitriles is 1. The fraction of sp³-hybridized carbons (Fsp3) is 0.211. The molecule has 2 rings (SSSR count). The number of benzene rings is 1. The van der Waals surface area contributed by atoms with E-state index in [1.54, 1.807) is 25.1 Å². The van der Waals surface area contributed by atoms with Gasteiger partial charge in [0.15, 0.2) is 17.2 Å². The first kappa shape index (κ1) is 20.4. The fourth-order valence-corrected chi connectivity index (χ4v) is 2.49. The summed E-state index contributed by atoms with van der Waals surface area (Å²) in [5.41, 5.74) is 6.90. The molecule has 1 heterocycles. The van der Waals surface area contributed by atoms with Crippen molar-refractivity contribution >= 4 is 23.6 Å². The van der Waals surface area contributed by atoms with Crippen LogP contribution in [0.4, 0.5) is 5.69 Å². The van der Waals surface area contributed by atoms with Crippen LogP contribution in [0.15, 0.2) is 28.8 Å². The lowest BCUT2D eigenvalue weighted by atomic mass is 10.1. The normalized spacial score (nSPS) is 11.7. The first-order valence-corrected chi connectivity index (χ1v) is 8.04. The fourth-order valence-electron chi connectivity index (χ4n) is 2.49. The molecule has 0 aliphatic rings. The third-order valence-corrected chi connectivity index (χ3v) is 3.88. The SMILES string of the molecule is COC(=O)c1c(C)[nH]c(/C=C(\C#N)C(N)=Nc2ccc(OC)c(OC)c2)c1O. The summed E-state index contributed by atoms with van der Waals surface area (Å²) in [7, 11) is 4.21. The number of aryl methyl sites for hydroxylation is 1. The second kappa shape index (κ2) is 8.64. The van der Waals surface area contributed by atoms with Gasteiger partial charge in [0.2, 0.25) is 0 Å². The van der Waals surface area contributed by atoms with Gasteiger partial charge in [0.25, 0.3) is 0 Å². The molecule has 0 saturated heterocycles. The number of methoxy groups -OCH3 is 3. The minimum atomic E-state index is -0.698. The largest absolute Gasteiger partial charge is 0.505 e. The van der Waals surface area contributed by atoms with Crippen molar-refractivity contribution in [3.05, 3.63) is 40.7 Å². The summed E-state index contributed by atoms with van der Waals surface area (Å²) in [6, 6.07) is 6.83. The summed E-state index contributed by atoms with van der Waals surface area (Å²) in [6.07, 6.45) is 1.30. The zero-order chi connectivity index (χ0) is 20.8. The molecule has 0 amide bonds. The minimum Gasteiger partial charge on any atom is -0.505 e. The Hall–Kier alpha value is -3.93. The number of rotatable bonds is 6. The van der Waals surface area contributed by atoms with E-state index in [0.29, 0.717) is 22.9 Å². The lowest BCUT2D eigenvalue weighted by molar-refractivity contribution is 0.0597. The van der Waals surface area contributed by atoms with Gasteiger partial charge in [0.1, 0.15) is 17.5 Å². The van der Waals surface area contributed by atoms with Crippen LogP contribution in [0.3, 0.4) is 0 Å². The molecule has 0 atom stereocenters. The van der Waals surface area contributed by atoms with Gasteiger partial charge in [-0.25, -0.2) is 9.79 Å². The van der Waals surface area contributed by atoms with Crippen LogP contribution in [0.5, 0.6) is 17.2 Å². The van der Waals surface area contributed by atoms with Crippen LogP contribution in [0.2, 0.25) is 0 Å². The predicted octanol–water partition coefficient (Wildman–Crippen LogP) is 2.43. The minimum absolute atomic E-state index is 0.0113. The van der Waals surface area contributed by atoms with Crippen molar-refractivity contribution in [1.82, 2.24) is 4.98 Å². The third-order valence-electron chi connectivity index (χ3n) is 3.88. The van der Waals surface area contributed by atoms with Gasteiger partial charge in [-0.3, -0.25) is 0 Å². The number of carbonyl (C=O) groups excluding carboxylic acids is 1. The van der Waals surface area contributed by atoms with Crippen molar-refractivity contribution in [3.8, 4) is 23.3 Å². The number of nitrogens with zero attached hydrogens (tertiary/aromatic N) is 2. The predicted molar refractivity (Wildman–Crippen MR) is 103 cm³/mol. The van der Waals surface area contributed by atoms with Crippen LogP contribution in [-0.2, 0) is 4.74 Å². The average Bonchev–Trinajstić information content (AvgIpc) is 2.98. The first-order valence-electron chi connectivity index (χ1n) is 8.04. The summed E-state index contributed by atoms with van der Waals surface area (Å²) < 4.78 is 15.0. The number of H-pyrrole nitrogens is 1. The van der Waals surface area contributed by atoms with Crippen molar-refractivity contribution in [2.75, 3.05) is 21.3 Å². The molecule has 0 unspecified atom stereocenters. The van der Waals surface area contributed by atoms with Gasteiger partial charge in [-0.15, -0.1) is 0 Å². The average molecular weight is 384 g/mol. The molecule has 0 aliphatic carbocycles. The van der Waals surface area contributed by atoms with Crippen LogP contribution in [0.1, 0.15) is 21.7 Å². The van der Waals surface area contributed by atoms with Crippen molar-refractivity contribution in [3.63, 3.8) is 0 Å². The van der Waals surface area contributed by atoms with Crippen LogP contribution in [0, 0.1) is 18.3 Å². The summed E-state index contributed by atoms with van der Waals surface area (Å²) in [5, 5.41) is 19.7. The molecule has 0 fully saturated rings. The first-order chi connectivity index (χ1) is 13.4. The molecule has 4 N–H and O–H groups in total. The highest BCUT2D eigenvalue weighted by Gasteiger charge is 2.21. The molecule has 1 aromatic heterocycles. The number of aromatic nitrogens is 1. The van der Waals surface area contributed by atoms with Gasteiger partial charge in [-0.1, -0.05) is 0 Å². The molecule has 0 bridgehead atoms. The highest BCUT2D eigenvalue weighted by Crippen LogP contribution is 2.32. The molecular weight excluding hydrogens is 364 g/mol. The zero-order valence-corrected chi connectivity index (χ0v) is 15.9. The number of esters is 1. The number of aliphatic imine (C=N–C) groups is 1. The van der Waals surface area contributed by atoms with Gasteiger partial charge in [-0.2, -0.15) is 5.26 Å². The molecule has 9 nitrogen and oxygen atoms in total. The van der Waals surface area contributed by atoms with E-state index in [1.165, 1.54) is 27.4 Å². The van der Waals surface area contributed by atoms with Crippen molar-refractivity contribution in [1.29, 1.82) is 5.26 Å². The number of hydrogen-bond donors (Lipinski definition) is 3. The van der Waals surface area contributed by atoms with Crippen molar-refractivity contribution < 1.29 is 24.1 Å². The Kier molecular flexibility index (Phi) is 6.29. The molecule has 9 heteroatoms. The Bertz CT molecular complexity index is 998. The van der Waals surface area contributed by atoms with Gasteiger partial charge in [0.05, 0.1) is 38.3 Å². The van der Waals surface area contributed by atoms with E-state index in [2.05, 4.69) is 14.7 Å². The molecular formula is C19H20N4O5. The van der Waals surface area contributed by atoms with Crippen molar-refractivity contribution in [2.24, 2.45) is 10.7 Å². The number of ether oxygens (including phenoxy) is 3. The second-order valence-electron chi connectivity index (χ2n) is 5.59. The number of nitrogens with one attached hydrogen (secondary N) is 1. The number of amidine groups is 1. The number of carbonyl (C=O) groups is 1. The molecule has 146 valence electrons. The van der Waals surface area contributed by atoms with E-state index in [1.807, 2.05) is 6.07 Å². The maximum absolute atomic E-state index is 11.8. The van der Waals surface area contributed by atoms with Crippen LogP contribution >= 0.6 is 0 Å². The Morgan fingerprint density at radius 2 is 1.96 bits per heavy atom. The van der Waals surface area contributed by atoms with E-state index in [9.17, 15) is 15.2 Å². The van der Waals surface area contributed by atoms with E-state index in [4.69, 9.17) is 15.2 Å². The summed E-state index contributed by atoms with van der Waals surface area (Å²) >= 11 is 0. The zero-order valence-electron chi connectivity index (χ0n) is 15.9. The van der Waals surface area contributed by atoms with Crippen LogP contribution in [-0.4, -0.2) is 43.2 Å². The molecule has 28 heavy (non-hydrogen) atoms. The highest BCUT2D eigenvalue weighted by molar-refractivity contribution is 6.06. The number of nitrogens with two attached hydrogens (primary N) is 1. The molecule has 0 saturated carbocycles. The standard InChI is InChI=1S/C19H20N4O5/c1-10-16(19(25)28-4)17(24)13(22-10)7-11(9-20)18(21)23-12-5-6-14(26-2)15(8-12)27-3/h5-8,22,24H,1-4H3,(H2,21,23)/b11-7+. The van der Waals surface area contributed by atoms with Crippen molar-refractivity contribution in [2.45, 2.75) is 6.92 Å². The summed E-state index contributed by atoms with van der Waals surface area (Å²) in [5.74, 6) is -0.133. The molecule has 0 spiro atoms. The Balaban J connectivity index is 2.44. The van der Waals surface area contributed by atoms with E-state index >= 15 is 0 Å². The molecule has 2 aromatic rings. The molecule has 0 radical (unpaired) electrons. The summed E-state index contributed by atoms with van der Waals surface area (Å²) in [6.45, 7) is 1.59. The summed E-state index contributed by atoms with van der Waals surface area (Å²) in [4.78, 5) is 18.8. The Morgan fingerprint density at radius 1 is 1.29 bits per heavy atom. The van der Waals surface area contributed by atoms with Gasteiger partial charge in [0, 0.05) is 11.8 Å². The van der Waals surface area contributed by atoms with Crippen LogP contribution < -0.4 is 15.2 Å². The third kappa shape index (κ3) is 4.07. The quantitative estimate of drug-likeness (QED) is 0.300. The number of aromatic amines is 1. The lowest BCUT2D eigenvalue weighted by Gasteiger charge is -2.08.